The molecule has 0 spiro atoms. The number of carbonyl (C=O) groups excluding carboxylic acids is 1. The van der Waals surface area contributed by atoms with E-state index in [0.717, 1.165) is 16.6 Å². The second-order valence-corrected chi connectivity index (χ2v) is 5.65. The topological polar surface area (TPSA) is 77.7 Å². The number of aromatic nitrogens is 2. The maximum absolute atomic E-state index is 12.2. The van der Waals surface area contributed by atoms with E-state index in [-0.39, 0.29) is 12.3 Å². The summed E-state index contributed by atoms with van der Waals surface area (Å²) < 4.78 is 12.4. The molecule has 0 fully saturated rings. The number of nitrogens with one attached hydrogen (secondary N) is 1. The largest absolute Gasteiger partial charge is 0.497 e. The van der Waals surface area contributed by atoms with Crippen molar-refractivity contribution in [1.82, 2.24) is 15.0 Å². The summed E-state index contributed by atoms with van der Waals surface area (Å²) in [5.74, 6) is 1.73. The number of nitrogens with zero attached hydrogens (tertiary/aromatic N) is 3. The molecule has 0 unspecified atom stereocenters. The lowest BCUT2D eigenvalue weighted by Gasteiger charge is -2.07. The number of hydrogen-bond donors (Lipinski definition) is 1. The van der Waals surface area contributed by atoms with E-state index in [4.69, 9.17) is 9.47 Å². The van der Waals surface area contributed by atoms with E-state index in [0.29, 0.717) is 17.3 Å². The highest BCUT2D eigenvalue weighted by Gasteiger charge is 2.11. The molecule has 1 amide bonds. The molecule has 0 saturated carbocycles. The van der Waals surface area contributed by atoms with Crippen molar-refractivity contribution in [2.75, 3.05) is 14.2 Å². The zero-order valence-electron chi connectivity index (χ0n) is 14.9. The second-order valence-electron chi connectivity index (χ2n) is 5.65. The molecule has 1 N–H and O–H groups in total. The highest BCUT2D eigenvalue weighted by molar-refractivity contribution is 5.86. The van der Waals surface area contributed by atoms with Gasteiger partial charge in [0.1, 0.15) is 17.3 Å². The summed E-state index contributed by atoms with van der Waals surface area (Å²) in [6.07, 6.45) is 1.67. The van der Waals surface area contributed by atoms with Crippen LogP contribution in [0.15, 0.2) is 47.6 Å². The van der Waals surface area contributed by atoms with Gasteiger partial charge in [-0.15, -0.1) is 0 Å². The van der Waals surface area contributed by atoms with Gasteiger partial charge in [0.15, 0.2) is 0 Å². The summed E-state index contributed by atoms with van der Waals surface area (Å²) in [5, 5.41) is 4.00. The highest BCUT2D eigenvalue weighted by atomic mass is 16.5. The lowest BCUT2D eigenvalue weighted by atomic mass is 10.2. The second kappa shape index (κ2) is 7.69. The van der Waals surface area contributed by atoms with Crippen molar-refractivity contribution >= 4 is 23.2 Å². The molecule has 26 heavy (non-hydrogen) atoms. The maximum Gasteiger partial charge on any atom is 0.247 e. The number of imidazole rings is 1. The molecule has 0 atom stereocenters. The highest BCUT2D eigenvalue weighted by Crippen LogP contribution is 2.23. The van der Waals surface area contributed by atoms with Gasteiger partial charge >= 0.3 is 0 Å². The van der Waals surface area contributed by atoms with Crippen LogP contribution in [0.3, 0.4) is 0 Å². The Balaban J connectivity index is 1.67. The predicted molar refractivity (Wildman–Crippen MR) is 99.7 cm³/mol. The van der Waals surface area contributed by atoms with Gasteiger partial charge in [0.05, 0.1) is 37.9 Å². The van der Waals surface area contributed by atoms with Gasteiger partial charge < -0.3 is 14.0 Å². The molecule has 2 aromatic carbocycles. The Kier molecular flexibility index (Phi) is 5.17. The van der Waals surface area contributed by atoms with Crippen LogP contribution in [0.1, 0.15) is 11.4 Å². The van der Waals surface area contributed by atoms with Crippen LogP contribution >= 0.6 is 0 Å². The molecule has 0 saturated heterocycles. The zero-order chi connectivity index (χ0) is 18.5. The Hall–Kier alpha value is -3.35. The Morgan fingerprint density at radius 1 is 1.23 bits per heavy atom. The van der Waals surface area contributed by atoms with Crippen molar-refractivity contribution < 1.29 is 14.3 Å². The van der Waals surface area contributed by atoms with Gasteiger partial charge in [-0.1, -0.05) is 12.1 Å². The van der Waals surface area contributed by atoms with Gasteiger partial charge in [0, 0.05) is 18.7 Å². The zero-order valence-corrected chi connectivity index (χ0v) is 14.9. The number of hydrazone groups is 1. The summed E-state index contributed by atoms with van der Waals surface area (Å²) in [6, 6.07) is 13.1. The first-order valence-corrected chi connectivity index (χ1v) is 8.06. The van der Waals surface area contributed by atoms with Gasteiger partial charge in [-0.05, 0) is 24.3 Å². The van der Waals surface area contributed by atoms with Crippen LogP contribution < -0.4 is 14.9 Å². The number of benzene rings is 2. The number of aryl methyl sites for hydroxylation is 1. The van der Waals surface area contributed by atoms with Gasteiger partial charge in [0.25, 0.3) is 0 Å². The van der Waals surface area contributed by atoms with Crippen LogP contribution in [0, 0.1) is 0 Å². The first kappa shape index (κ1) is 17.5. The average Bonchev–Trinajstić information content (AvgIpc) is 2.97. The third kappa shape index (κ3) is 3.66. The minimum Gasteiger partial charge on any atom is -0.497 e. The van der Waals surface area contributed by atoms with E-state index in [9.17, 15) is 4.79 Å². The van der Waals surface area contributed by atoms with Crippen LogP contribution in [0.2, 0.25) is 0 Å². The van der Waals surface area contributed by atoms with Gasteiger partial charge in [-0.25, -0.2) is 10.4 Å². The van der Waals surface area contributed by atoms with E-state index in [1.54, 1.807) is 32.4 Å². The van der Waals surface area contributed by atoms with E-state index in [2.05, 4.69) is 15.5 Å². The summed E-state index contributed by atoms with van der Waals surface area (Å²) in [6.45, 7) is 0. The average molecular weight is 352 g/mol. The normalized spacial score (nSPS) is 11.0. The van der Waals surface area contributed by atoms with Crippen LogP contribution in [0.5, 0.6) is 11.5 Å². The number of carbonyl (C=O) groups is 1. The molecule has 3 aromatic rings. The Morgan fingerprint density at radius 2 is 2.04 bits per heavy atom. The summed E-state index contributed by atoms with van der Waals surface area (Å²) in [5.41, 5.74) is 5.11. The Bertz CT molecular complexity index is 963. The van der Waals surface area contributed by atoms with E-state index < -0.39 is 0 Å². The standard InChI is InChI=1S/C19H20N4O3/c1-23-16-7-5-4-6-15(16)21-18(23)11-19(24)22-20-12-13-8-9-14(25-2)10-17(13)26-3/h4-10,12H,11H2,1-3H3,(H,22,24)/b20-12+. The molecule has 0 aliphatic heterocycles. The number of fused-ring (bicyclic) bond motifs is 1. The van der Waals surface area contributed by atoms with Gasteiger partial charge in [-0.3, -0.25) is 4.79 Å². The van der Waals surface area contributed by atoms with Crippen LogP contribution in [-0.2, 0) is 18.3 Å². The molecular weight excluding hydrogens is 332 g/mol. The third-order valence-corrected chi connectivity index (χ3v) is 4.03. The number of para-hydroxylation sites is 2. The van der Waals surface area contributed by atoms with Crippen LogP contribution in [0.4, 0.5) is 0 Å². The maximum atomic E-state index is 12.2. The van der Waals surface area contributed by atoms with Crippen molar-refractivity contribution in [3.05, 3.63) is 53.9 Å². The molecular formula is C19H20N4O3. The molecule has 1 heterocycles. The molecule has 0 aliphatic rings. The SMILES string of the molecule is COc1ccc(/C=N/NC(=O)Cc2nc3ccccc3n2C)c(OC)c1. The molecule has 7 nitrogen and oxygen atoms in total. The van der Waals surface area contributed by atoms with Gasteiger partial charge in [-0.2, -0.15) is 5.10 Å². The minimum absolute atomic E-state index is 0.141. The van der Waals surface area contributed by atoms with Crippen molar-refractivity contribution in [3.63, 3.8) is 0 Å². The van der Waals surface area contributed by atoms with Crippen molar-refractivity contribution in [3.8, 4) is 11.5 Å². The lowest BCUT2D eigenvalue weighted by molar-refractivity contribution is -0.120. The third-order valence-electron chi connectivity index (χ3n) is 4.03. The predicted octanol–water partition coefficient (Wildman–Crippen LogP) is 2.28. The van der Waals surface area contributed by atoms with Crippen LogP contribution in [0.25, 0.3) is 11.0 Å². The van der Waals surface area contributed by atoms with Crippen LogP contribution in [-0.4, -0.2) is 35.9 Å². The number of rotatable bonds is 6. The Morgan fingerprint density at radius 3 is 2.77 bits per heavy atom. The molecule has 7 heteroatoms. The minimum atomic E-state index is -0.243. The quantitative estimate of drug-likeness (QED) is 0.545. The molecule has 1 aromatic heterocycles. The molecule has 0 bridgehead atoms. The van der Waals surface area contributed by atoms with E-state index in [1.165, 1.54) is 6.21 Å². The fraction of sp³-hybridized carbons (Fsp3) is 0.211. The van der Waals surface area contributed by atoms with Gasteiger partial charge in [0.2, 0.25) is 5.91 Å². The van der Waals surface area contributed by atoms with E-state index in [1.807, 2.05) is 35.9 Å². The molecule has 134 valence electrons. The monoisotopic (exact) mass is 352 g/mol. The summed E-state index contributed by atoms with van der Waals surface area (Å²) >= 11 is 0. The molecule has 0 aliphatic carbocycles. The van der Waals surface area contributed by atoms with Crippen molar-refractivity contribution in [1.29, 1.82) is 0 Å². The first-order valence-electron chi connectivity index (χ1n) is 8.06. The lowest BCUT2D eigenvalue weighted by Crippen LogP contribution is -2.21. The first-order chi connectivity index (χ1) is 12.6. The molecule has 0 radical (unpaired) electrons. The number of ether oxygens (including phenoxy) is 2. The smallest absolute Gasteiger partial charge is 0.247 e. The van der Waals surface area contributed by atoms with E-state index >= 15 is 0 Å². The Labute approximate surface area is 151 Å². The summed E-state index contributed by atoms with van der Waals surface area (Å²) in [7, 11) is 5.05. The number of methoxy groups -OCH3 is 2. The molecule has 3 rings (SSSR count). The number of amides is 1. The fourth-order valence-corrected chi connectivity index (χ4v) is 2.64. The summed E-state index contributed by atoms with van der Waals surface area (Å²) in [4.78, 5) is 16.6. The van der Waals surface area contributed by atoms with Crippen molar-refractivity contribution in [2.45, 2.75) is 6.42 Å². The number of hydrogen-bond acceptors (Lipinski definition) is 5. The fourth-order valence-electron chi connectivity index (χ4n) is 2.64. The van der Waals surface area contributed by atoms with Crippen molar-refractivity contribution in [2.24, 2.45) is 12.1 Å².